The molecule has 0 aromatic heterocycles. The fraction of sp³-hybridized carbons (Fsp3) is 1.00. The molecule has 2 rings (SSSR count). The maximum Gasteiger partial charge on any atom is 0.242 e. The van der Waals surface area contributed by atoms with Crippen molar-refractivity contribution in [2.24, 2.45) is 11.3 Å². The van der Waals surface area contributed by atoms with Gasteiger partial charge in [0.15, 0.2) is 0 Å². The number of nitrogens with zero attached hydrogens (tertiary/aromatic N) is 1. The quantitative estimate of drug-likeness (QED) is 0.701. The SMILES string of the molecule is COCC1(CN2CCC(C(F)F)C2)CC1. The van der Waals surface area contributed by atoms with Crippen LogP contribution >= 0.6 is 0 Å². The topological polar surface area (TPSA) is 12.5 Å². The minimum Gasteiger partial charge on any atom is -0.384 e. The second kappa shape index (κ2) is 4.34. The molecule has 0 spiro atoms. The van der Waals surface area contributed by atoms with Crippen LogP contribution in [0.15, 0.2) is 0 Å². The van der Waals surface area contributed by atoms with E-state index >= 15 is 0 Å². The summed E-state index contributed by atoms with van der Waals surface area (Å²) in [4.78, 5) is 2.18. The molecular weight excluding hydrogens is 200 g/mol. The number of hydrogen-bond acceptors (Lipinski definition) is 2. The summed E-state index contributed by atoms with van der Waals surface area (Å²) < 4.78 is 30.1. The standard InChI is InChI=1S/C11H19F2NO/c1-15-8-11(3-4-11)7-14-5-2-9(6-14)10(12)13/h9-10H,2-8H2,1H3. The monoisotopic (exact) mass is 219 g/mol. The highest BCUT2D eigenvalue weighted by atomic mass is 19.3. The maximum atomic E-state index is 12.5. The average molecular weight is 219 g/mol. The summed E-state index contributed by atoms with van der Waals surface area (Å²) >= 11 is 0. The minimum atomic E-state index is -2.15. The molecule has 15 heavy (non-hydrogen) atoms. The molecule has 1 heterocycles. The number of alkyl halides is 2. The second-order valence-corrected chi connectivity index (χ2v) is 5.05. The lowest BCUT2D eigenvalue weighted by Gasteiger charge is -2.22. The lowest BCUT2D eigenvalue weighted by atomic mass is 10.1. The Hall–Kier alpha value is -0.220. The molecule has 0 aromatic carbocycles. The van der Waals surface area contributed by atoms with Gasteiger partial charge in [0.1, 0.15) is 0 Å². The Kier molecular flexibility index (Phi) is 3.26. The van der Waals surface area contributed by atoms with Gasteiger partial charge in [0.25, 0.3) is 0 Å². The van der Waals surface area contributed by atoms with E-state index in [0.29, 0.717) is 18.4 Å². The summed E-state index contributed by atoms with van der Waals surface area (Å²) in [6, 6.07) is 0. The molecule has 1 unspecified atom stereocenters. The van der Waals surface area contributed by atoms with Gasteiger partial charge in [-0.3, -0.25) is 0 Å². The van der Waals surface area contributed by atoms with Crippen LogP contribution in [0.4, 0.5) is 8.78 Å². The van der Waals surface area contributed by atoms with Crippen molar-refractivity contribution in [3.63, 3.8) is 0 Å². The first-order valence-corrected chi connectivity index (χ1v) is 5.65. The number of rotatable bonds is 5. The summed E-state index contributed by atoms with van der Waals surface area (Å²) in [6.45, 7) is 3.14. The Morgan fingerprint density at radius 2 is 2.20 bits per heavy atom. The van der Waals surface area contributed by atoms with Crippen molar-refractivity contribution >= 4 is 0 Å². The smallest absolute Gasteiger partial charge is 0.242 e. The first-order chi connectivity index (χ1) is 7.15. The summed E-state index contributed by atoms with van der Waals surface area (Å²) in [5.41, 5.74) is 0.297. The molecule has 1 atom stereocenters. The Morgan fingerprint density at radius 3 is 2.67 bits per heavy atom. The molecule has 2 aliphatic rings. The van der Waals surface area contributed by atoms with Crippen molar-refractivity contribution in [1.82, 2.24) is 4.90 Å². The van der Waals surface area contributed by atoms with Crippen LogP contribution in [0.5, 0.6) is 0 Å². The zero-order valence-corrected chi connectivity index (χ0v) is 9.22. The van der Waals surface area contributed by atoms with Crippen LogP contribution in [-0.2, 0) is 4.74 Å². The highest BCUT2D eigenvalue weighted by Crippen LogP contribution is 2.47. The van der Waals surface area contributed by atoms with Crippen LogP contribution in [0.25, 0.3) is 0 Å². The van der Waals surface area contributed by atoms with E-state index in [9.17, 15) is 8.78 Å². The van der Waals surface area contributed by atoms with Crippen LogP contribution in [-0.4, -0.2) is 44.7 Å². The molecule has 2 fully saturated rings. The van der Waals surface area contributed by atoms with E-state index in [0.717, 1.165) is 19.7 Å². The lowest BCUT2D eigenvalue weighted by Crippen LogP contribution is -2.31. The molecular formula is C11H19F2NO. The fourth-order valence-electron chi connectivity index (χ4n) is 2.52. The number of likely N-dealkylation sites (tertiary alicyclic amines) is 1. The van der Waals surface area contributed by atoms with Crippen molar-refractivity contribution in [2.45, 2.75) is 25.7 Å². The summed E-state index contributed by atoms with van der Waals surface area (Å²) in [6.07, 6.45) is 0.890. The normalized spacial score (nSPS) is 30.0. The third-order valence-electron chi connectivity index (χ3n) is 3.63. The Balaban J connectivity index is 1.77. The second-order valence-electron chi connectivity index (χ2n) is 5.05. The zero-order valence-electron chi connectivity index (χ0n) is 9.22. The van der Waals surface area contributed by atoms with Crippen molar-refractivity contribution in [1.29, 1.82) is 0 Å². The van der Waals surface area contributed by atoms with E-state index in [4.69, 9.17) is 4.74 Å². The van der Waals surface area contributed by atoms with E-state index in [1.54, 1.807) is 7.11 Å². The third kappa shape index (κ3) is 2.67. The van der Waals surface area contributed by atoms with Gasteiger partial charge in [-0.25, -0.2) is 8.78 Å². The number of ether oxygens (including phenoxy) is 1. The Bertz CT molecular complexity index is 219. The van der Waals surface area contributed by atoms with E-state index in [-0.39, 0.29) is 0 Å². The summed E-state index contributed by atoms with van der Waals surface area (Å²) in [5.74, 6) is -0.400. The van der Waals surface area contributed by atoms with Gasteiger partial charge in [0.05, 0.1) is 6.61 Å². The van der Waals surface area contributed by atoms with Gasteiger partial charge < -0.3 is 9.64 Å². The highest BCUT2D eigenvalue weighted by molar-refractivity contribution is 4.96. The van der Waals surface area contributed by atoms with Gasteiger partial charge in [-0.05, 0) is 25.8 Å². The fourth-order valence-corrected chi connectivity index (χ4v) is 2.52. The molecule has 0 N–H and O–H groups in total. The molecule has 1 aliphatic heterocycles. The number of halogens is 2. The molecule has 0 radical (unpaired) electrons. The first kappa shape index (κ1) is 11.3. The van der Waals surface area contributed by atoms with E-state index in [1.165, 1.54) is 12.8 Å². The highest BCUT2D eigenvalue weighted by Gasteiger charge is 2.45. The first-order valence-electron chi connectivity index (χ1n) is 5.65. The molecule has 0 amide bonds. The minimum absolute atomic E-state index is 0.297. The van der Waals surface area contributed by atoms with Crippen molar-refractivity contribution in [3.8, 4) is 0 Å². The molecule has 2 nitrogen and oxygen atoms in total. The van der Waals surface area contributed by atoms with E-state index in [2.05, 4.69) is 4.90 Å². The van der Waals surface area contributed by atoms with Crippen molar-refractivity contribution in [2.75, 3.05) is 33.4 Å². The number of hydrogen-bond donors (Lipinski definition) is 0. The molecule has 1 saturated carbocycles. The van der Waals surface area contributed by atoms with Crippen LogP contribution in [0.2, 0.25) is 0 Å². The van der Waals surface area contributed by atoms with Crippen molar-refractivity contribution in [3.05, 3.63) is 0 Å². The third-order valence-corrected chi connectivity index (χ3v) is 3.63. The molecule has 1 saturated heterocycles. The van der Waals surface area contributed by atoms with Crippen LogP contribution in [0.3, 0.4) is 0 Å². The Labute approximate surface area is 89.6 Å². The van der Waals surface area contributed by atoms with Gasteiger partial charge in [0.2, 0.25) is 6.43 Å². The van der Waals surface area contributed by atoms with Gasteiger partial charge in [-0.1, -0.05) is 0 Å². The number of methoxy groups -OCH3 is 1. The average Bonchev–Trinajstić information content (AvgIpc) is 2.77. The zero-order chi connectivity index (χ0) is 10.9. The molecule has 4 heteroatoms. The Morgan fingerprint density at radius 1 is 1.47 bits per heavy atom. The van der Waals surface area contributed by atoms with Crippen LogP contribution in [0, 0.1) is 11.3 Å². The molecule has 0 bridgehead atoms. The maximum absolute atomic E-state index is 12.5. The van der Waals surface area contributed by atoms with Gasteiger partial charge in [-0.15, -0.1) is 0 Å². The summed E-state index contributed by atoms with van der Waals surface area (Å²) in [7, 11) is 1.71. The predicted molar refractivity (Wildman–Crippen MR) is 54.1 cm³/mol. The van der Waals surface area contributed by atoms with E-state index < -0.39 is 12.3 Å². The van der Waals surface area contributed by atoms with Crippen LogP contribution < -0.4 is 0 Å². The van der Waals surface area contributed by atoms with Gasteiger partial charge >= 0.3 is 0 Å². The largest absolute Gasteiger partial charge is 0.384 e. The molecule has 1 aliphatic carbocycles. The lowest BCUT2D eigenvalue weighted by molar-refractivity contribution is 0.0743. The summed E-state index contributed by atoms with van der Waals surface area (Å²) in [5, 5.41) is 0. The van der Waals surface area contributed by atoms with Crippen molar-refractivity contribution < 1.29 is 13.5 Å². The van der Waals surface area contributed by atoms with Gasteiger partial charge in [-0.2, -0.15) is 0 Å². The van der Waals surface area contributed by atoms with Crippen LogP contribution in [0.1, 0.15) is 19.3 Å². The van der Waals surface area contributed by atoms with Gasteiger partial charge in [0, 0.05) is 31.5 Å². The predicted octanol–water partition coefficient (Wildman–Crippen LogP) is 2.00. The molecule has 88 valence electrons. The van der Waals surface area contributed by atoms with E-state index in [1.807, 2.05) is 0 Å². The molecule has 0 aromatic rings.